The Hall–Kier alpha value is -3.07. The molecule has 1 saturated carbocycles. The number of aromatic nitrogens is 2. The van der Waals surface area contributed by atoms with Gasteiger partial charge < -0.3 is 10.1 Å². The quantitative estimate of drug-likeness (QED) is 0.512. The number of allylic oxidation sites excluding steroid dienone is 2. The molecule has 5 atom stereocenters. The minimum Gasteiger partial charge on any atom is -0.497 e. The van der Waals surface area contributed by atoms with Crippen molar-refractivity contribution in [2.24, 2.45) is 23.7 Å². The molecule has 1 aromatic heterocycles. The molecule has 2 fully saturated rings. The Balaban J connectivity index is 1.42. The molecule has 5 rings (SSSR count). The van der Waals surface area contributed by atoms with Crippen LogP contribution in [0.25, 0.3) is 0 Å². The highest BCUT2D eigenvalue weighted by Gasteiger charge is 2.60. The van der Waals surface area contributed by atoms with Gasteiger partial charge in [-0.15, -0.1) is 10.2 Å². The van der Waals surface area contributed by atoms with Crippen molar-refractivity contribution in [1.82, 2.24) is 15.1 Å². The van der Waals surface area contributed by atoms with Crippen molar-refractivity contribution >= 4 is 34.2 Å². The third-order valence-corrected chi connectivity index (χ3v) is 7.69. The lowest BCUT2D eigenvalue weighted by molar-refractivity contribution is -0.144. The lowest BCUT2D eigenvalue weighted by atomic mass is 9.85. The van der Waals surface area contributed by atoms with Crippen LogP contribution in [0, 0.1) is 23.7 Å². The number of carbonyl (C=O) groups is 3. The maximum atomic E-state index is 13.4. The van der Waals surface area contributed by atoms with Crippen LogP contribution in [-0.4, -0.2) is 39.9 Å². The summed E-state index contributed by atoms with van der Waals surface area (Å²) in [6.07, 6.45) is 5.68. The molecule has 2 aliphatic carbocycles. The van der Waals surface area contributed by atoms with Gasteiger partial charge in [0.1, 0.15) is 10.8 Å². The van der Waals surface area contributed by atoms with Crippen LogP contribution in [0.4, 0.5) is 5.13 Å². The molecule has 8 nitrogen and oxygen atoms in total. The molecule has 5 unspecified atom stereocenters. The van der Waals surface area contributed by atoms with E-state index in [1.54, 1.807) is 31.4 Å². The van der Waals surface area contributed by atoms with Crippen molar-refractivity contribution in [1.29, 1.82) is 0 Å². The van der Waals surface area contributed by atoms with Gasteiger partial charge in [-0.2, -0.15) is 0 Å². The fourth-order valence-electron chi connectivity index (χ4n) is 5.21. The first kappa shape index (κ1) is 20.8. The van der Waals surface area contributed by atoms with Gasteiger partial charge in [0, 0.05) is 0 Å². The van der Waals surface area contributed by atoms with Gasteiger partial charge in [0.2, 0.25) is 22.9 Å². The van der Waals surface area contributed by atoms with Gasteiger partial charge in [-0.25, -0.2) is 0 Å². The van der Waals surface area contributed by atoms with E-state index in [1.165, 1.54) is 16.2 Å². The van der Waals surface area contributed by atoms with Crippen molar-refractivity contribution in [3.63, 3.8) is 0 Å². The molecule has 1 aromatic carbocycles. The molecule has 166 valence electrons. The molecule has 2 bridgehead atoms. The van der Waals surface area contributed by atoms with Crippen LogP contribution in [0.3, 0.4) is 0 Å². The summed E-state index contributed by atoms with van der Waals surface area (Å²) in [5, 5.41) is 12.0. The van der Waals surface area contributed by atoms with E-state index in [0.717, 1.165) is 23.4 Å². The highest BCUT2D eigenvalue weighted by molar-refractivity contribution is 7.15. The summed E-state index contributed by atoms with van der Waals surface area (Å²) in [5.74, 6) is -0.381. The largest absolute Gasteiger partial charge is 0.497 e. The Kier molecular flexibility index (Phi) is 5.28. The summed E-state index contributed by atoms with van der Waals surface area (Å²) in [6.45, 7) is 1.97. The number of fused-ring (bicyclic) bond motifs is 5. The number of rotatable bonds is 7. The average molecular weight is 453 g/mol. The molecule has 3 aliphatic rings. The second-order valence-corrected chi connectivity index (χ2v) is 9.50. The number of likely N-dealkylation sites (tertiary alicyclic amines) is 1. The summed E-state index contributed by atoms with van der Waals surface area (Å²) >= 11 is 1.32. The Labute approximate surface area is 189 Å². The molecule has 0 radical (unpaired) electrons. The van der Waals surface area contributed by atoms with E-state index in [0.29, 0.717) is 10.9 Å². The Morgan fingerprint density at radius 3 is 2.38 bits per heavy atom. The molecule has 32 heavy (non-hydrogen) atoms. The summed E-state index contributed by atoms with van der Waals surface area (Å²) < 4.78 is 5.24. The maximum Gasteiger partial charge on any atom is 0.234 e. The third-order valence-electron chi connectivity index (χ3n) is 6.71. The molecule has 2 aromatic rings. The second kappa shape index (κ2) is 8.12. The SMILES string of the molecule is CCc1nnc(NC(=O)CC(c2ccc(OC)cc2)N2C(=O)C3C4C=CC(C4)C3C2=O)s1. The predicted molar refractivity (Wildman–Crippen MR) is 118 cm³/mol. The molecule has 1 N–H and O–H groups in total. The summed E-state index contributed by atoms with van der Waals surface area (Å²) in [4.78, 5) is 41.1. The predicted octanol–water partition coefficient (Wildman–Crippen LogP) is 2.99. The Morgan fingerprint density at radius 2 is 1.81 bits per heavy atom. The number of ether oxygens (including phenoxy) is 1. The van der Waals surface area contributed by atoms with Gasteiger partial charge in [0.15, 0.2) is 0 Å². The molecule has 0 spiro atoms. The van der Waals surface area contributed by atoms with E-state index < -0.39 is 6.04 Å². The molecule has 2 heterocycles. The fraction of sp³-hybridized carbons (Fsp3) is 0.435. The van der Waals surface area contributed by atoms with Crippen LogP contribution in [0.1, 0.15) is 36.4 Å². The second-order valence-electron chi connectivity index (χ2n) is 8.44. The van der Waals surface area contributed by atoms with Crippen LogP contribution in [0.15, 0.2) is 36.4 Å². The van der Waals surface area contributed by atoms with Gasteiger partial charge in [-0.1, -0.05) is 42.5 Å². The number of benzene rings is 1. The highest BCUT2D eigenvalue weighted by Crippen LogP contribution is 2.54. The third kappa shape index (κ3) is 3.40. The topological polar surface area (TPSA) is 101 Å². The number of hydrogen-bond acceptors (Lipinski definition) is 7. The molecular weight excluding hydrogens is 428 g/mol. The van der Waals surface area contributed by atoms with Crippen molar-refractivity contribution in [2.75, 3.05) is 12.4 Å². The summed E-state index contributed by atoms with van der Waals surface area (Å²) in [7, 11) is 1.57. The number of aryl methyl sites for hydroxylation is 1. The standard InChI is InChI=1S/C23H24N4O4S/c1-3-18-25-26-23(32-18)24-17(28)11-16(12-6-8-15(31-2)9-7-12)27-21(29)19-13-4-5-14(10-13)20(19)22(27)30/h4-9,13-14,16,19-20H,3,10-11H2,1-2H3,(H,24,26,28). The highest BCUT2D eigenvalue weighted by atomic mass is 32.1. The normalized spacial score (nSPS) is 26.5. The van der Waals surface area contributed by atoms with Crippen LogP contribution >= 0.6 is 11.3 Å². The lowest BCUT2D eigenvalue weighted by Gasteiger charge is -2.28. The van der Waals surface area contributed by atoms with Crippen LogP contribution in [-0.2, 0) is 20.8 Å². The van der Waals surface area contributed by atoms with Crippen LogP contribution in [0.2, 0.25) is 0 Å². The number of carbonyl (C=O) groups excluding carboxylic acids is 3. The van der Waals surface area contributed by atoms with E-state index in [2.05, 4.69) is 27.7 Å². The molecule has 9 heteroatoms. The smallest absolute Gasteiger partial charge is 0.234 e. The first-order valence-corrected chi connectivity index (χ1v) is 11.6. The number of anilines is 1. The molecule has 3 amide bonds. The zero-order chi connectivity index (χ0) is 22.4. The lowest BCUT2D eigenvalue weighted by Crippen LogP contribution is -2.38. The minimum atomic E-state index is -0.690. The van der Waals surface area contributed by atoms with Crippen LogP contribution < -0.4 is 10.1 Å². The van der Waals surface area contributed by atoms with Crippen molar-refractivity contribution in [3.8, 4) is 5.75 Å². The van der Waals surface area contributed by atoms with Crippen molar-refractivity contribution in [3.05, 3.63) is 47.0 Å². The average Bonchev–Trinajstić information content (AvgIpc) is 3.57. The van der Waals surface area contributed by atoms with Crippen molar-refractivity contribution in [2.45, 2.75) is 32.2 Å². The summed E-state index contributed by atoms with van der Waals surface area (Å²) in [6, 6.07) is 6.46. The van der Waals surface area contributed by atoms with Crippen molar-refractivity contribution < 1.29 is 19.1 Å². The number of methoxy groups -OCH3 is 1. The zero-order valence-corrected chi connectivity index (χ0v) is 18.7. The fourth-order valence-corrected chi connectivity index (χ4v) is 5.91. The van der Waals surface area contributed by atoms with E-state index in [1.807, 2.05) is 6.92 Å². The van der Waals surface area contributed by atoms with Gasteiger partial charge in [-0.3, -0.25) is 19.3 Å². The number of nitrogens with zero attached hydrogens (tertiary/aromatic N) is 3. The Bertz CT molecular complexity index is 1070. The number of imide groups is 1. The first-order valence-electron chi connectivity index (χ1n) is 10.8. The summed E-state index contributed by atoms with van der Waals surface area (Å²) in [5.41, 5.74) is 0.717. The van der Waals surface area contributed by atoms with E-state index in [4.69, 9.17) is 4.74 Å². The minimum absolute atomic E-state index is 0.0486. The maximum absolute atomic E-state index is 13.4. The van der Waals surface area contributed by atoms with E-state index in [9.17, 15) is 14.4 Å². The van der Waals surface area contributed by atoms with Crippen LogP contribution in [0.5, 0.6) is 5.75 Å². The van der Waals surface area contributed by atoms with E-state index in [-0.39, 0.29) is 47.8 Å². The van der Waals surface area contributed by atoms with Gasteiger partial charge >= 0.3 is 0 Å². The molecule has 1 aliphatic heterocycles. The first-order chi connectivity index (χ1) is 15.5. The van der Waals surface area contributed by atoms with Gasteiger partial charge in [0.05, 0.1) is 31.4 Å². The van der Waals surface area contributed by atoms with Gasteiger partial charge in [-0.05, 0) is 42.4 Å². The Morgan fingerprint density at radius 1 is 1.16 bits per heavy atom. The number of amides is 3. The molecule has 1 saturated heterocycles. The number of nitrogens with one attached hydrogen (secondary N) is 1. The van der Waals surface area contributed by atoms with E-state index >= 15 is 0 Å². The zero-order valence-electron chi connectivity index (χ0n) is 17.9. The molecular formula is C23H24N4O4S. The monoisotopic (exact) mass is 452 g/mol. The number of hydrogen-bond donors (Lipinski definition) is 1. The van der Waals surface area contributed by atoms with Gasteiger partial charge in [0.25, 0.3) is 0 Å².